The lowest BCUT2D eigenvalue weighted by Gasteiger charge is -2.37. The Bertz CT molecular complexity index is 2370. The van der Waals surface area contributed by atoms with Gasteiger partial charge in [-0.1, -0.05) is 85.0 Å². The second-order valence-corrected chi connectivity index (χ2v) is 11.8. The van der Waals surface area contributed by atoms with Crippen LogP contribution in [0.15, 0.2) is 160 Å². The molecule has 2 heterocycles. The molecule has 216 valence electrons. The van der Waals surface area contributed by atoms with Crippen molar-refractivity contribution in [2.45, 2.75) is 25.3 Å². The zero-order valence-corrected chi connectivity index (χ0v) is 24.7. The highest BCUT2D eigenvalue weighted by molar-refractivity contribution is 6.07. The van der Waals surface area contributed by atoms with E-state index < -0.39 is 0 Å². The molecular weight excluding hydrogens is 552 g/mol. The largest absolute Gasteiger partial charge is 0.456 e. The summed E-state index contributed by atoms with van der Waals surface area (Å²) in [5.74, 6) is 0.637. The number of fused-ring (bicyclic) bond motifs is 6. The first-order valence-electron chi connectivity index (χ1n) is 15.6. The first-order valence-corrected chi connectivity index (χ1v) is 15.6. The SMILES string of the molecule is C1=CCCC(C2=CC=CCC2N(c2ccc3oc4ccccc4c3c2)c2ccc3ccc4nc(-c5ccccc5)oc4c3c2)=C1. The van der Waals surface area contributed by atoms with Gasteiger partial charge in [0.1, 0.15) is 16.7 Å². The maximum Gasteiger partial charge on any atom is 0.227 e. The van der Waals surface area contributed by atoms with Crippen LogP contribution in [0.3, 0.4) is 0 Å². The Labute approximate surface area is 260 Å². The van der Waals surface area contributed by atoms with Crippen LogP contribution in [0.5, 0.6) is 0 Å². The summed E-state index contributed by atoms with van der Waals surface area (Å²) in [5, 5.41) is 4.42. The summed E-state index contributed by atoms with van der Waals surface area (Å²) in [7, 11) is 0. The van der Waals surface area contributed by atoms with Crippen molar-refractivity contribution in [1.82, 2.24) is 4.98 Å². The summed E-state index contributed by atoms with van der Waals surface area (Å²) in [6.45, 7) is 0. The zero-order valence-electron chi connectivity index (χ0n) is 24.7. The number of aromatic nitrogens is 1. The molecule has 0 saturated carbocycles. The van der Waals surface area contributed by atoms with Crippen LogP contribution in [0.25, 0.3) is 55.3 Å². The van der Waals surface area contributed by atoms with E-state index in [9.17, 15) is 0 Å². The highest BCUT2D eigenvalue weighted by Gasteiger charge is 2.28. The molecule has 2 aliphatic carbocycles. The Kier molecular flexibility index (Phi) is 6.05. The van der Waals surface area contributed by atoms with Gasteiger partial charge in [-0.3, -0.25) is 0 Å². The van der Waals surface area contributed by atoms with Crippen molar-refractivity contribution in [1.29, 1.82) is 0 Å². The summed E-state index contributed by atoms with van der Waals surface area (Å²) in [5.41, 5.74) is 9.44. The number of hydrogen-bond acceptors (Lipinski definition) is 4. The molecule has 2 aromatic heterocycles. The Morgan fingerprint density at radius 3 is 2.33 bits per heavy atom. The van der Waals surface area contributed by atoms with Crippen molar-refractivity contribution in [2.75, 3.05) is 4.90 Å². The van der Waals surface area contributed by atoms with Gasteiger partial charge in [0.15, 0.2) is 5.58 Å². The normalized spacial score (nSPS) is 16.5. The van der Waals surface area contributed by atoms with Crippen LogP contribution >= 0.6 is 0 Å². The van der Waals surface area contributed by atoms with E-state index in [4.69, 9.17) is 13.8 Å². The smallest absolute Gasteiger partial charge is 0.227 e. The van der Waals surface area contributed by atoms with Gasteiger partial charge in [0.05, 0.1) is 6.04 Å². The van der Waals surface area contributed by atoms with Gasteiger partial charge in [0.2, 0.25) is 5.89 Å². The minimum absolute atomic E-state index is 0.120. The van der Waals surface area contributed by atoms with Crippen LogP contribution in [-0.4, -0.2) is 11.0 Å². The van der Waals surface area contributed by atoms with E-state index in [0.717, 1.165) is 80.0 Å². The van der Waals surface area contributed by atoms with Crippen LogP contribution in [0.1, 0.15) is 19.3 Å². The Morgan fingerprint density at radius 2 is 1.44 bits per heavy atom. The molecule has 9 rings (SSSR count). The van der Waals surface area contributed by atoms with Crippen molar-refractivity contribution in [2.24, 2.45) is 0 Å². The molecule has 0 fully saturated rings. The van der Waals surface area contributed by atoms with Gasteiger partial charge < -0.3 is 13.7 Å². The number of nitrogens with zero attached hydrogens (tertiary/aromatic N) is 2. The lowest BCUT2D eigenvalue weighted by Crippen LogP contribution is -2.34. The number of allylic oxidation sites excluding steroid dienone is 5. The monoisotopic (exact) mass is 582 g/mol. The molecular formula is C41H30N2O2. The quantitative estimate of drug-likeness (QED) is 0.202. The van der Waals surface area contributed by atoms with E-state index in [0.29, 0.717) is 5.89 Å². The van der Waals surface area contributed by atoms with Crippen molar-refractivity contribution in [3.8, 4) is 11.5 Å². The van der Waals surface area contributed by atoms with E-state index >= 15 is 0 Å². The minimum atomic E-state index is 0.120. The third kappa shape index (κ3) is 4.41. The number of hydrogen-bond donors (Lipinski definition) is 0. The van der Waals surface area contributed by atoms with Crippen LogP contribution in [0.4, 0.5) is 11.4 Å². The molecule has 1 atom stereocenters. The van der Waals surface area contributed by atoms with Gasteiger partial charge in [-0.25, -0.2) is 4.98 Å². The predicted octanol–water partition coefficient (Wildman–Crippen LogP) is 11.2. The maximum atomic E-state index is 6.48. The average Bonchev–Trinajstić information content (AvgIpc) is 3.72. The predicted molar refractivity (Wildman–Crippen MR) is 185 cm³/mol. The van der Waals surface area contributed by atoms with Gasteiger partial charge in [-0.15, -0.1) is 0 Å². The molecule has 0 saturated heterocycles. The molecule has 5 aromatic carbocycles. The average molecular weight is 583 g/mol. The molecule has 4 heteroatoms. The standard InChI is InChI=1S/C41H30N2O2/c1-3-11-27(12-4-1)32-15-7-9-17-37(32)43(31-22-24-39-35(26-31)33-16-8-10-18-38(33)44-39)30-21-19-28-20-23-36-40(34(28)25-30)45-41(42-36)29-13-5-2-6-14-29/h1-3,5-11,13-16,18-26,37H,4,12,17H2. The second-order valence-electron chi connectivity index (χ2n) is 11.8. The topological polar surface area (TPSA) is 42.4 Å². The van der Waals surface area contributed by atoms with E-state index in [1.807, 2.05) is 42.5 Å². The number of anilines is 2. The molecule has 0 radical (unpaired) electrons. The highest BCUT2D eigenvalue weighted by atomic mass is 16.3. The van der Waals surface area contributed by atoms with Gasteiger partial charge in [0.25, 0.3) is 0 Å². The summed E-state index contributed by atoms with van der Waals surface area (Å²) in [4.78, 5) is 7.37. The number of furan rings is 1. The van der Waals surface area contributed by atoms with E-state index in [1.165, 1.54) is 11.1 Å². The number of rotatable bonds is 5. The fraction of sp³-hybridized carbons (Fsp3) is 0.0976. The number of oxazole rings is 1. The first-order chi connectivity index (χ1) is 22.3. The molecule has 0 aliphatic heterocycles. The summed E-state index contributed by atoms with van der Waals surface area (Å²) < 4.78 is 12.7. The van der Waals surface area contributed by atoms with Crippen molar-refractivity contribution in [3.05, 3.63) is 151 Å². The van der Waals surface area contributed by atoms with Crippen molar-refractivity contribution >= 4 is 55.2 Å². The molecule has 0 N–H and O–H groups in total. The lowest BCUT2D eigenvalue weighted by molar-refractivity contribution is 0.623. The minimum Gasteiger partial charge on any atom is -0.456 e. The van der Waals surface area contributed by atoms with Crippen molar-refractivity contribution in [3.63, 3.8) is 0 Å². The maximum absolute atomic E-state index is 6.48. The van der Waals surface area contributed by atoms with Crippen molar-refractivity contribution < 1.29 is 8.83 Å². The molecule has 2 aliphatic rings. The molecule has 45 heavy (non-hydrogen) atoms. The first kappa shape index (κ1) is 25.8. The second kappa shape index (κ2) is 10.5. The zero-order chi connectivity index (χ0) is 29.7. The van der Waals surface area contributed by atoms with Crippen LogP contribution in [-0.2, 0) is 0 Å². The van der Waals surface area contributed by atoms with Gasteiger partial charge in [-0.2, -0.15) is 0 Å². The molecule has 7 aromatic rings. The van der Waals surface area contributed by atoms with Gasteiger partial charge in [0, 0.05) is 33.1 Å². The van der Waals surface area contributed by atoms with Crippen LogP contribution < -0.4 is 4.90 Å². The molecule has 1 unspecified atom stereocenters. The summed E-state index contributed by atoms with van der Waals surface area (Å²) >= 11 is 0. The van der Waals surface area contributed by atoms with Gasteiger partial charge >= 0.3 is 0 Å². The lowest BCUT2D eigenvalue weighted by atomic mass is 9.86. The fourth-order valence-corrected chi connectivity index (χ4v) is 6.95. The van der Waals surface area contributed by atoms with E-state index in [-0.39, 0.29) is 6.04 Å². The highest BCUT2D eigenvalue weighted by Crippen LogP contribution is 2.42. The number of para-hydroxylation sites is 1. The Balaban J connectivity index is 1.25. The summed E-state index contributed by atoms with van der Waals surface area (Å²) in [6.07, 6.45) is 16.6. The third-order valence-corrected chi connectivity index (χ3v) is 9.12. The molecule has 0 spiro atoms. The number of benzene rings is 5. The van der Waals surface area contributed by atoms with Crippen LogP contribution in [0, 0.1) is 0 Å². The summed E-state index contributed by atoms with van der Waals surface area (Å²) in [6, 6.07) is 36.0. The molecule has 0 amide bonds. The van der Waals surface area contributed by atoms with Gasteiger partial charge in [-0.05, 0) is 90.4 Å². The van der Waals surface area contributed by atoms with Crippen LogP contribution in [0.2, 0.25) is 0 Å². The fourth-order valence-electron chi connectivity index (χ4n) is 6.95. The molecule has 0 bridgehead atoms. The molecule has 4 nitrogen and oxygen atoms in total. The Morgan fingerprint density at radius 1 is 0.667 bits per heavy atom. The Hall–Kier alpha value is -5.61. The van der Waals surface area contributed by atoms with E-state index in [1.54, 1.807) is 0 Å². The van der Waals surface area contributed by atoms with E-state index in [2.05, 4.69) is 102 Å². The third-order valence-electron chi connectivity index (χ3n) is 9.12.